The molecule has 0 aromatic carbocycles. The number of likely N-dealkylation sites (N-methyl/N-ethyl adjacent to an activating group) is 1. The highest BCUT2D eigenvalue weighted by atomic mass is 16.6. The molecule has 0 aliphatic heterocycles. The molecule has 1 unspecified atom stereocenters. The number of ether oxygens (including phenoxy) is 1. The Morgan fingerprint density at radius 2 is 1.67 bits per heavy atom. The zero-order valence-corrected chi connectivity index (χ0v) is 14.2. The van der Waals surface area contributed by atoms with Crippen molar-refractivity contribution in [2.45, 2.75) is 77.9 Å². The van der Waals surface area contributed by atoms with E-state index in [-0.39, 0.29) is 5.41 Å². The monoisotopic (exact) mass is 299 g/mol. The van der Waals surface area contributed by atoms with Gasteiger partial charge in [-0.3, -0.25) is 4.90 Å². The van der Waals surface area contributed by atoms with Crippen molar-refractivity contribution < 1.29 is 19.4 Å². The Kier molecular flexibility index (Phi) is 4.96. The lowest BCUT2D eigenvalue weighted by atomic mass is 9.83. The fourth-order valence-electron chi connectivity index (χ4n) is 2.85. The Morgan fingerprint density at radius 3 is 2.14 bits per heavy atom. The lowest BCUT2D eigenvalue weighted by Crippen LogP contribution is -2.56. The first kappa shape index (κ1) is 17.8. The molecule has 1 amide bonds. The Bertz CT molecular complexity index is 411. The molecule has 1 fully saturated rings. The molecule has 0 bridgehead atoms. The lowest BCUT2D eigenvalue weighted by molar-refractivity contribution is -0.151. The summed E-state index contributed by atoms with van der Waals surface area (Å²) in [6.07, 6.45) is 2.93. The van der Waals surface area contributed by atoms with Gasteiger partial charge < -0.3 is 9.84 Å². The van der Waals surface area contributed by atoms with Crippen LogP contribution >= 0.6 is 0 Å². The first-order valence-corrected chi connectivity index (χ1v) is 7.60. The molecule has 122 valence electrons. The lowest BCUT2D eigenvalue weighted by Gasteiger charge is -2.38. The van der Waals surface area contributed by atoms with E-state index >= 15 is 0 Å². The first-order chi connectivity index (χ1) is 9.40. The summed E-state index contributed by atoms with van der Waals surface area (Å²) in [6, 6.07) is 0. The largest absolute Gasteiger partial charge is 0.479 e. The van der Waals surface area contributed by atoms with Gasteiger partial charge in [0.15, 0.2) is 0 Å². The van der Waals surface area contributed by atoms with Crippen molar-refractivity contribution in [3.8, 4) is 0 Å². The number of aliphatic carboxylic acids is 1. The van der Waals surface area contributed by atoms with Crippen LogP contribution in [0.1, 0.15) is 66.7 Å². The minimum absolute atomic E-state index is 0.117. The molecule has 0 aromatic rings. The summed E-state index contributed by atoms with van der Waals surface area (Å²) < 4.78 is 5.34. The van der Waals surface area contributed by atoms with E-state index in [1.807, 2.05) is 0 Å². The number of rotatable bonds is 2. The molecule has 5 heteroatoms. The number of amides is 1. The SMILES string of the molecule is CN(C(=O)OC(C)(C)C)C1(C(=O)O)CCCC(C)(C)CC1. The van der Waals surface area contributed by atoms with Gasteiger partial charge in [0.05, 0.1) is 0 Å². The van der Waals surface area contributed by atoms with Crippen molar-refractivity contribution in [3.63, 3.8) is 0 Å². The second-order valence-electron chi connectivity index (χ2n) is 7.89. The van der Waals surface area contributed by atoms with Gasteiger partial charge in [0.1, 0.15) is 11.1 Å². The van der Waals surface area contributed by atoms with Crippen LogP contribution in [0, 0.1) is 5.41 Å². The molecule has 0 aromatic heterocycles. The van der Waals surface area contributed by atoms with E-state index in [0.29, 0.717) is 12.8 Å². The number of hydrogen-bond donors (Lipinski definition) is 1. The molecule has 21 heavy (non-hydrogen) atoms. The molecular weight excluding hydrogens is 270 g/mol. The van der Waals surface area contributed by atoms with Gasteiger partial charge in [-0.25, -0.2) is 9.59 Å². The molecule has 0 spiro atoms. The van der Waals surface area contributed by atoms with Crippen molar-refractivity contribution in [1.29, 1.82) is 0 Å². The molecule has 0 radical (unpaired) electrons. The molecule has 0 heterocycles. The summed E-state index contributed by atoms with van der Waals surface area (Å²) in [5, 5.41) is 9.75. The topological polar surface area (TPSA) is 66.8 Å². The smallest absolute Gasteiger partial charge is 0.410 e. The maximum absolute atomic E-state index is 12.3. The van der Waals surface area contributed by atoms with E-state index < -0.39 is 23.2 Å². The van der Waals surface area contributed by atoms with Gasteiger partial charge in [0.2, 0.25) is 0 Å². The fraction of sp³-hybridized carbons (Fsp3) is 0.875. The summed E-state index contributed by atoms with van der Waals surface area (Å²) in [6.45, 7) is 9.64. The number of carbonyl (C=O) groups excluding carboxylic acids is 1. The van der Waals surface area contributed by atoms with E-state index in [2.05, 4.69) is 13.8 Å². The van der Waals surface area contributed by atoms with E-state index in [0.717, 1.165) is 19.3 Å². The molecular formula is C16H29NO4. The second-order valence-corrected chi connectivity index (χ2v) is 7.89. The molecule has 1 aliphatic carbocycles. The zero-order chi connectivity index (χ0) is 16.5. The Morgan fingerprint density at radius 1 is 1.10 bits per heavy atom. The van der Waals surface area contributed by atoms with Crippen molar-refractivity contribution in [1.82, 2.24) is 4.90 Å². The van der Waals surface area contributed by atoms with Crippen molar-refractivity contribution in [2.24, 2.45) is 5.41 Å². The molecule has 1 N–H and O–H groups in total. The third-order valence-electron chi connectivity index (χ3n) is 4.37. The highest BCUT2D eigenvalue weighted by molar-refractivity contribution is 5.84. The minimum Gasteiger partial charge on any atom is -0.479 e. The predicted octanol–water partition coefficient (Wildman–Crippen LogP) is 3.67. The van der Waals surface area contributed by atoms with Gasteiger partial charge in [0.25, 0.3) is 0 Å². The van der Waals surface area contributed by atoms with Gasteiger partial charge in [-0.1, -0.05) is 13.8 Å². The summed E-state index contributed by atoms with van der Waals surface area (Å²) in [5.41, 5.74) is -1.67. The maximum Gasteiger partial charge on any atom is 0.410 e. The van der Waals surface area contributed by atoms with Crippen LogP contribution in [0.2, 0.25) is 0 Å². The van der Waals surface area contributed by atoms with E-state index in [1.165, 1.54) is 4.90 Å². The van der Waals surface area contributed by atoms with Crippen LogP contribution in [0.15, 0.2) is 0 Å². The molecule has 1 atom stereocenters. The number of carboxylic acid groups (broad SMARTS) is 1. The van der Waals surface area contributed by atoms with Crippen LogP contribution in [-0.4, -0.2) is 40.3 Å². The van der Waals surface area contributed by atoms with Crippen molar-refractivity contribution in [3.05, 3.63) is 0 Å². The van der Waals surface area contributed by atoms with Gasteiger partial charge in [0, 0.05) is 7.05 Å². The number of carboxylic acids is 1. The molecule has 1 saturated carbocycles. The molecule has 1 rings (SSSR count). The van der Waals surface area contributed by atoms with Crippen molar-refractivity contribution >= 4 is 12.1 Å². The highest BCUT2D eigenvalue weighted by Crippen LogP contribution is 2.41. The van der Waals surface area contributed by atoms with E-state index in [9.17, 15) is 14.7 Å². The molecule has 0 saturated heterocycles. The van der Waals surface area contributed by atoms with Gasteiger partial charge in [-0.15, -0.1) is 0 Å². The van der Waals surface area contributed by atoms with Crippen LogP contribution in [-0.2, 0) is 9.53 Å². The second kappa shape index (κ2) is 5.85. The average Bonchev–Trinajstić information content (AvgIpc) is 2.45. The zero-order valence-electron chi connectivity index (χ0n) is 14.2. The summed E-state index contributed by atoms with van der Waals surface area (Å²) in [5.74, 6) is -0.937. The molecule has 5 nitrogen and oxygen atoms in total. The van der Waals surface area contributed by atoms with Crippen LogP contribution < -0.4 is 0 Å². The standard InChI is InChI=1S/C16H29NO4/c1-14(2,3)21-13(20)17(6)16(12(18)19)9-7-8-15(4,5)10-11-16/h7-11H2,1-6H3,(H,18,19). The Hall–Kier alpha value is -1.26. The minimum atomic E-state index is -1.16. The quantitative estimate of drug-likeness (QED) is 0.790. The van der Waals surface area contributed by atoms with E-state index in [1.54, 1.807) is 27.8 Å². The summed E-state index contributed by atoms with van der Waals surface area (Å²) >= 11 is 0. The number of hydrogen-bond acceptors (Lipinski definition) is 3. The number of carbonyl (C=O) groups is 2. The average molecular weight is 299 g/mol. The van der Waals surface area contributed by atoms with Gasteiger partial charge in [-0.2, -0.15) is 0 Å². The normalized spacial score (nSPS) is 25.8. The Balaban J connectivity index is 3.00. The summed E-state index contributed by atoms with van der Waals surface area (Å²) in [4.78, 5) is 25.5. The third kappa shape index (κ3) is 4.35. The first-order valence-electron chi connectivity index (χ1n) is 7.60. The van der Waals surface area contributed by atoms with Crippen molar-refractivity contribution in [2.75, 3.05) is 7.05 Å². The van der Waals surface area contributed by atoms with Gasteiger partial charge >= 0.3 is 12.1 Å². The number of nitrogens with zero attached hydrogens (tertiary/aromatic N) is 1. The van der Waals surface area contributed by atoms with Crippen LogP contribution in [0.3, 0.4) is 0 Å². The van der Waals surface area contributed by atoms with E-state index in [4.69, 9.17) is 4.74 Å². The fourth-order valence-corrected chi connectivity index (χ4v) is 2.85. The predicted molar refractivity (Wildman–Crippen MR) is 81.2 cm³/mol. The third-order valence-corrected chi connectivity index (χ3v) is 4.37. The van der Waals surface area contributed by atoms with Crippen LogP contribution in [0.4, 0.5) is 4.79 Å². The summed E-state index contributed by atoms with van der Waals surface area (Å²) in [7, 11) is 1.54. The Labute approximate surface area is 127 Å². The maximum atomic E-state index is 12.3. The highest BCUT2D eigenvalue weighted by Gasteiger charge is 2.48. The van der Waals surface area contributed by atoms with Crippen LogP contribution in [0.5, 0.6) is 0 Å². The van der Waals surface area contributed by atoms with Gasteiger partial charge in [-0.05, 0) is 58.3 Å². The van der Waals surface area contributed by atoms with Crippen LogP contribution in [0.25, 0.3) is 0 Å². The molecule has 1 aliphatic rings.